The van der Waals surface area contributed by atoms with Gasteiger partial charge < -0.3 is 10.1 Å². The molecule has 0 atom stereocenters. The van der Waals surface area contributed by atoms with Crippen LogP contribution in [0.2, 0.25) is 5.02 Å². The monoisotopic (exact) mass is 340 g/mol. The van der Waals surface area contributed by atoms with E-state index in [2.05, 4.69) is 26.2 Å². The van der Waals surface area contributed by atoms with Gasteiger partial charge in [0.15, 0.2) is 0 Å². The normalized spacial score (nSPS) is 10.3. The zero-order valence-corrected chi connectivity index (χ0v) is 12.8. The maximum Gasteiger partial charge on any atom is 0.134 e. The summed E-state index contributed by atoms with van der Waals surface area (Å²) in [4.78, 5) is 4.42. The van der Waals surface area contributed by atoms with Crippen molar-refractivity contribution < 1.29 is 4.74 Å². The van der Waals surface area contributed by atoms with Gasteiger partial charge in [-0.15, -0.1) is 0 Å². The smallest absolute Gasteiger partial charge is 0.134 e. The summed E-state index contributed by atoms with van der Waals surface area (Å²) < 4.78 is 6.63. The lowest BCUT2D eigenvalue weighted by atomic mass is 10.3. The molecule has 0 spiro atoms. The summed E-state index contributed by atoms with van der Waals surface area (Å²) in [5.74, 6) is 1.58. The molecule has 2 rings (SSSR count). The summed E-state index contributed by atoms with van der Waals surface area (Å²) in [6.45, 7) is 3.17. The van der Waals surface area contributed by atoms with Crippen molar-refractivity contribution in [2.45, 2.75) is 13.5 Å². The molecule has 100 valence electrons. The molecule has 1 aromatic carbocycles. The number of hydrogen-bond acceptors (Lipinski definition) is 3. The van der Waals surface area contributed by atoms with E-state index < -0.39 is 0 Å². The molecule has 0 unspecified atom stereocenters. The largest absolute Gasteiger partial charge is 0.486 e. The Morgan fingerprint density at radius 3 is 2.79 bits per heavy atom. The predicted octanol–water partition coefficient (Wildman–Crippen LogP) is 4.51. The number of nitrogens with one attached hydrogen (secondary N) is 1. The summed E-state index contributed by atoms with van der Waals surface area (Å²) in [5, 5.41) is 3.76. The molecule has 1 aromatic heterocycles. The highest BCUT2D eigenvalue weighted by atomic mass is 79.9. The molecule has 0 fully saturated rings. The number of benzene rings is 1. The van der Waals surface area contributed by atoms with E-state index in [1.54, 1.807) is 0 Å². The van der Waals surface area contributed by atoms with Gasteiger partial charge in [0.05, 0.1) is 15.2 Å². The van der Waals surface area contributed by atoms with Gasteiger partial charge in [-0.1, -0.05) is 23.7 Å². The summed E-state index contributed by atoms with van der Waals surface area (Å²) in [7, 11) is 0. The summed E-state index contributed by atoms with van der Waals surface area (Å²) in [5.41, 5.74) is 0.718. The molecule has 1 heterocycles. The summed E-state index contributed by atoms with van der Waals surface area (Å²) in [6, 6.07) is 11.4. The first kappa shape index (κ1) is 14.2. The lowest BCUT2D eigenvalue weighted by molar-refractivity contribution is 0.299. The Labute approximate surface area is 126 Å². The van der Waals surface area contributed by atoms with Crippen molar-refractivity contribution in [3.63, 3.8) is 0 Å². The van der Waals surface area contributed by atoms with Crippen molar-refractivity contribution >= 4 is 33.3 Å². The number of anilines is 1. The van der Waals surface area contributed by atoms with Crippen LogP contribution in [0, 0.1) is 0 Å². The second-order valence-corrected chi connectivity index (χ2v) is 5.14. The highest BCUT2D eigenvalue weighted by molar-refractivity contribution is 9.10. The first-order chi connectivity index (χ1) is 9.20. The van der Waals surface area contributed by atoms with Crippen molar-refractivity contribution in [2.24, 2.45) is 0 Å². The molecule has 5 heteroatoms. The number of pyridine rings is 1. The minimum absolute atomic E-state index is 0.334. The molecule has 0 aliphatic carbocycles. The van der Waals surface area contributed by atoms with Crippen LogP contribution < -0.4 is 10.1 Å². The van der Waals surface area contributed by atoms with Crippen molar-refractivity contribution in [2.75, 3.05) is 11.9 Å². The number of para-hydroxylation sites is 1. The SMILES string of the molecule is CCNc1ccc(Cl)c(COc2ccccc2Br)n1. The first-order valence-electron chi connectivity index (χ1n) is 5.97. The van der Waals surface area contributed by atoms with Crippen LogP contribution in [0.3, 0.4) is 0 Å². The third kappa shape index (κ3) is 3.85. The molecule has 0 amide bonds. The van der Waals surface area contributed by atoms with Gasteiger partial charge in [0.1, 0.15) is 18.2 Å². The molecule has 19 heavy (non-hydrogen) atoms. The number of nitrogens with zero attached hydrogens (tertiary/aromatic N) is 1. The predicted molar refractivity (Wildman–Crippen MR) is 81.9 cm³/mol. The topological polar surface area (TPSA) is 34.1 Å². The Morgan fingerprint density at radius 1 is 1.26 bits per heavy atom. The fraction of sp³-hybridized carbons (Fsp3) is 0.214. The average Bonchev–Trinajstić information content (AvgIpc) is 2.41. The molecular formula is C14H14BrClN2O. The van der Waals surface area contributed by atoms with Gasteiger partial charge in [-0.3, -0.25) is 0 Å². The van der Waals surface area contributed by atoms with E-state index in [4.69, 9.17) is 16.3 Å². The minimum atomic E-state index is 0.334. The quantitative estimate of drug-likeness (QED) is 0.869. The van der Waals surface area contributed by atoms with Gasteiger partial charge in [0.2, 0.25) is 0 Å². The molecule has 0 saturated carbocycles. The zero-order chi connectivity index (χ0) is 13.7. The lowest BCUT2D eigenvalue weighted by Crippen LogP contribution is -2.04. The fourth-order valence-corrected chi connectivity index (χ4v) is 2.13. The van der Waals surface area contributed by atoms with Crippen LogP contribution in [0.1, 0.15) is 12.6 Å². The number of aromatic nitrogens is 1. The van der Waals surface area contributed by atoms with Crippen LogP contribution in [-0.4, -0.2) is 11.5 Å². The molecule has 1 N–H and O–H groups in total. The minimum Gasteiger partial charge on any atom is -0.486 e. The van der Waals surface area contributed by atoms with E-state index >= 15 is 0 Å². The van der Waals surface area contributed by atoms with E-state index in [9.17, 15) is 0 Å². The number of hydrogen-bond donors (Lipinski definition) is 1. The van der Waals surface area contributed by atoms with Gasteiger partial charge in [0, 0.05) is 6.54 Å². The molecule has 3 nitrogen and oxygen atoms in total. The highest BCUT2D eigenvalue weighted by Gasteiger charge is 2.06. The standard InChI is InChI=1S/C14H14BrClN2O/c1-2-17-14-8-7-11(16)12(18-14)9-19-13-6-4-3-5-10(13)15/h3-8H,2,9H2,1H3,(H,17,18). The van der Waals surface area contributed by atoms with Crippen molar-refractivity contribution in [1.29, 1.82) is 0 Å². The van der Waals surface area contributed by atoms with E-state index in [1.807, 2.05) is 43.3 Å². The third-order valence-corrected chi connectivity index (χ3v) is 3.48. The Bertz CT molecular complexity index is 563. The van der Waals surface area contributed by atoms with Gasteiger partial charge in [0.25, 0.3) is 0 Å². The van der Waals surface area contributed by atoms with E-state index in [0.29, 0.717) is 11.6 Å². The summed E-state index contributed by atoms with van der Waals surface area (Å²) >= 11 is 9.56. The number of rotatable bonds is 5. The van der Waals surface area contributed by atoms with E-state index in [-0.39, 0.29) is 0 Å². The lowest BCUT2D eigenvalue weighted by Gasteiger charge is -2.10. The zero-order valence-electron chi connectivity index (χ0n) is 10.5. The van der Waals surface area contributed by atoms with E-state index in [1.165, 1.54) is 0 Å². The molecule has 0 aliphatic rings. The van der Waals surface area contributed by atoms with Crippen LogP contribution in [0.5, 0.6) is 5.75 Å². The maximum atomic E-state index is 6.12. The highest BCUT2D eigenvalue weighted by Crippen LogP contribution is 2.25. The van der Waals surface area contributed by atoms with Crippen LogP contribution in [0.4, 0.5) is 5.82 Å². The number of halogens is 2. The molecule has 0 saturated heterocycles. The van der Waals surface area contributed by atoms with Gasteiger partial charge in [-0.25, -0.2) is 4.98 Å². The van der Waals surface area contributed by atoms with Crippen LogP contribution in [0.25, 0.3) is 0 Å². The Morgan fingerprint density at radius 2 is 2.05 bits per heavy atom. The Kier molecular flexibility index (Phi) is 5.05. The fourth-order valence-electron chi connectivity index (χ4n) is 1.57. The van der Waals surface area contributed by atoms with Gasteiger partial charge in [-0.2, -0.15) is 0 Å². The first-order valence-corrected chi connectivity index (χ1v) is 7.14. The van der Waals surface area contributed by atoms with Crippen LogP contribution in [0.15, 0.2) is 40.9 Å². The third-order valence-electron chi connectivity index (χ3n) is 2.48. The Balaban J connectivity index is 2.10. The molecule has 0 aliphatic heterocycles. The second kappa shape index (κ2) is 6.78. The number of ether oxygens (including phenoxy) is 1. The second-order valence-electron chi connectivity index (χ2n) is 3.87. The summed E-state index contributed by atoms with van der Waals surface area (Å²) in [6.07, 6.45) is 0. The maximum absolute atomic E-state index is 6.12. The van der Waals surface area contributed by atoms with Gasteiger partial charge in [-0.05, 0) is 47.1 Å². The molecule has 2 aromatic rings. The van der Waals surface area contributed by atoms with Crippen LogP contribution in [-0.2, 0) is 6.61 Å². The van der Waals surface area contributed by atoms with Crippen molar-refractivity contribution in [1.82, 2.24) is 4.98 Å². The van der Waals surface area contributed by atoms with Gasteiger partial charge >= 0.3 is 0 Å². The van der Waals surface area contributed by atoms with E-state index in [0.717, 1.165) is 28.3 Å². The molecular weight excluding hydrogens is 328 g/mol. The average molecular weight is 342 g/mol. The van der Waals surface area contributed by atoms with Crippen molar-refractivity contribution in [3.05, 3.63) is 51.6 Å². The molecule has 0 radical (unpaired) electrons. The molecule has 0 bridgehead atoms. The Hall–Kier alpha value is -1.26. The van der Waals surface area contributed by atoms with Crippen LogP contribution >= 0.6 is 27.5 Å². The van der Waals surface area contributed by atoms with Crippen molar-refractivity contribution in [3.8, 4) is 5.75 Å².